The molecule has 4 aromatic carbocycles. The van der Waals surface area contributed by atoms with E-state index >= 15 is 0 Å². The average Bonchev–Trinajstić information content (AvgIpc) is 3.77. The quantitative estimate of drug-likeness (QED) is 0.198. The molecule has 0 amide bonds. The van der Waals surface area contributed by atoms with Crippen molar-refractivity contribution in [3.8, 4) is 33.9 Å². The molecule has 0 radical (unpaired) electrons. The minimum Gasteiger partial charge on any atom is -0.323 e. The molecule has 8 heteroatoms. The normalized spacial score (nSPS) is 13.6. The Bertz CT molecular complexity index is 2100. The molecule has 1 saturated carbocycles. The van der Waals surface area contributed by atoms with E-state index in [9.17, 15) is 0 Å². The van der Waals surface area contributed by atoms with E-state index in [0.717, 1.165) is 64.3 Å². The summed E-state index contributed by atoms with van der Waals surface area (Å²) in [7, 11) is 0. The van der Waals surface area contributed by atoms with E-state index in [2.05, 4.69) is 110 Å². The van der Waals surface area contributed by atoms with E-state index in [0.29, 0.717) is 11.9 Å². The van der Waals surface area contributed by atoms with Crippen molar-refractivity contribution in [3.63, 3.8) is 0 Å². The molecule has 1 N–H and O–H groups in total. The summed E-state index contributed by atoms with van der Waals surface area (Å²) in [5.41, 5.74) is 11.3. The van der Waals surface area contributed by atoms with Crippen LogP contribution in [0.3, 0.4) is 0 Å². The molecule has 0 saturated heterocycles. The number of aryl methyl sites for hydroxylation is 2. The van der Waals surface area contributed by atoms with Gasteiger partial charge in [-0.25, -0.2) is 15.1 Å². The topological polar surface area (TPSA) is 90.1 Å². The summed E-state index contributed by atoms with van der Waals surface area (Å²) in [6.07, 6.45) is 5.68. The first-order valence-corrected chi connectivity index (χ1v) is 15.6. The molecule has 0 unspecified atom stereocenters. The highest BCUT2D eigenvalue weighted by atomic mass is 15.5. The van der Waals surface area contributed by atoms with Crippen molar-refractivity contribution in [2.24, 2.45) is 0 Å². The van der Waals surface area contributed by atoms with E-state index in [1.54, 1.807) is 0 Å². The van der Waals surface area contributed by atoms with Gasteiger partial charge in [-0.1, -0.05) is 67.6 Å². The van der Waals surface area contributed by atoms with E-state index in [4.69, 9.17) is 9.97 Å². The van der Waals surface area contributed by atoms with Crippen LogP contribution in [0.25, 0.3) is 56.0 Å². The van der Waals surface area contributed by atoms with Gasteiger partial charge >= 0.3 is 0 Å². The fourth-order valence-corrected chi connectivity index (χ4v) is 6.61. The Kier molecular flexibility index (Phi) is 6.55. The maximum atomic E-state index is 5.18. The van der Waals surface area contributed by atoms with E-state index < -0.39 is 0 Å². The third-order valence-corrected chi connectivity index (χ3v) is 9.02. The number of benzene rings is 4. The van der Waals surface area contributed by atoms with Crippen molar-refractivity contribution in [2.45, 2.75) is 58.5 Å². The van der Waals surface area contributed by atoms with E-state index in [1.807, 2.05) is 18.2 Å². The third kappa shape index (κ3) is 4.49. The van der Waals surface area contributed by atoms with Crippen molar-refractivity contribution >= 4 is 22.1 Å². The molecule has 7 aromatic rings. The minimum atomic E-state index is 0.512. The van der Waals surface area contributed by atoms with Gasteiger partial charge in [0.05, 0.1) is 22.1 Å². The Balaban J connectivity index is 1.20. The zero-order chi connectivity index (χ0) is 29.6. The highest BCUT2D eigenvalue weighted by Crippen LogP contribution is 2.39. The lowest BCUT2D eigenvalue weighted by atomic mass is 9.92. The first-order chi connectivity index (χ1) is 21.7. The van der Waals surface area contributed by atoms with Crippen LogP contribution in [0.4, 0.5) is 0 Å². The summed E-state index contributed by atoms with van der Waals surface area (Å²) in [6.45, 7) is 5.16. The third-order valence-electron chi connectivity index (χ3n) is 9.02. The summed E-state index contributed by atoms with van der Waals surface area (Å²) in [6, 6.07) is 30.7. The SMILES string of the molecule is CCCc1nc2c(C)cc(-c3nc4ccccc4n3C3CCC3)cc2n1Cc1ccc(-c2ccccc2-c2nnn[nH]2)cc1. The summed E-state index contributed by atoms with van der Waals surface area (Å²) in [5, 5.41) is 14.6. The lowest BCUT2D eigenvalue weighted by Gasteiger charge is -2.29. The number of rotatable bonds is 8. The molecule has 0 atom stereocenters. The number of nitrogens with zero attached hydrogens (tertiary/aromatic N) is 7. The molecule has 44 heavy (non-hydrogen) atoms. The van der Waals surface area contributed by atoms with Crippen molar-refractivity contribution in [3.05, 3.63) is 102 Å². The van der Waals surface area contributed by atoms with Crippen molar-refractivity contribution in [2.75, 3.05) is 0 Å². The van der Waals surface area contributed by atoms with Gasteiger partial charge in [0.25, 0.3) is 0 Å². The molecule has 0 bridgehead atoms. The maximum Gasteiger partial charge on any atom is 0.180 e. The van der Waals surface area contributed by atoms with Gasteiger partial charge in [-0.2, -0.15) is 0 Å². The lowest BCUT2D eigenvalue weighted by Crippen LogP contribution is -2.17. The largest absolute Gasteiger partial charge is 0.323 e. The van der Waals surface area contributed by atoms with Gasteiger partial charge in [0.15, 0.2) is 5.82 Å². The van der Waals surface area contributed by atoms with Crippen LogP contribution in [-0.2, 0) is 13.0 Å². The lowest BCUT2D eigenvalue weighted by molar-refractivity contribution is 0.323. The smallest absolute Gasteiger partial charge is 0.180 e. The number of fused-ring (bicyclic) bond motifs is 2. The summed E-state index contributed by atoms with van der Waals surface area (Å²) in [5.74, 6) is 2.86. The Labute approximate surface area is 255 Å². The predicted octanol–water partition coefficient (Wildman–Crippen LogP) is 7.93. The molecule has 0 aliphatic heterocycles. The number of hydrogen-bond acceptors (Lipinski definition) is 5. The van der Waals surface area contributed by atoms with Gasteiger partial charge < -0.3 is 9.13 Å². The van der Waals surface area contributed by atoms with Crippen LogP contribution in [0.1, 0.15) is 55.6 Å². The van der Waals surface area contributed by atoms with Gasteiger partial charge in [0, 0.05) is 30.1 Å². The Hall–Kier alpha value is -5.11. The number of H-pyrrole nitrogens is 1. The monoisotopic (exact) mass is 578 g/mol. The van der Waals surface area contributed by atoms with E-state index in [-0.39, 0.29) is 0 Å². The number of imidazole rings is 2. The highest BCUT2D eigenvalue weighted by molar-refractivity contribution is 5.88. The second kappa shape index (κ2) is 10.9. The molecular weight excluding hydrogens is 544 g/mol. The van der Waals surface area contributed by atoms with E-state index in [1.165, 1.54) is 41.4 Å². The first kappa shape index (κ1) is 26.5. The highest BCUT2D eigenvalue weighted by Gasteiger charge is 2.26. The van der Waals surface area contributed by atoms with Crippen molar-refractivity contribution < 1.29 is 0 Å². The molecule has 218 valence electrons. The van der Waals surface area contributed by atoms with Gasteiger partial charge in [-0.3, -0.25) is 0 Å². The fraction of sp³-hybridized carbons (Fsp3) is 0.250. The molecule has 1 fully saturated rings. The molecule has 1 aliphatic rings. The maximum absolute atomic E-state index is 5.18. The standard InChI is InChI=1S/C36H34N8/c1-3-9-33-38-34-23(2)20-26(36-37-30-14-6-7-15-31(30)44(36)27-10-8-11-27)21-32(34)43(33)22-24-16-18-25(19-17-24)28-12-4-5-13-29(28)35-39-41-42-40-35/h4-7,12-21,27H,3,8-11,22H2,1-2H3,(H,39,40,41,42). The molecule has 3 heterocycles. The second-order valence-corrected chi connectivity index (χ2v) is 11.9. The predicted molar refractivity (Wildman–Crippen MR) is 174 cm³/mol. The molecule has 1 aliphatic carbocycles. The van der Waals surface area contributed by atoms with Crippen LogP contribution in [0.2, 0.25) is 0 Å². The zero-order valence-corrected chi connectivity index (χ0v) is 25.0. The number of para-hydroxylation sites is 2. The van der Waals surface area contributed by atoms with Gasteiger partial charge in [0.2, 0.25) is 0 Å². The van der Waals surface area contributed by atoms with Crippen molar-refractivity contribution in [1.82, 2.24) is 39.7 Å². The first-order valence-electron chi connectivity index (χ1n) is 15.6. The number of tetrazole rings is 1. The Morgan fingerprint density at radius 1 is 0.841 bits per heavy atom. The van der Waals surface area contributed by atoms with Crippen LogP contribution >= 0.6 is 0 Å². The number of aromatic amines is 1. The second-order valence-electron chi connectivity index (χ2n) is 11.9. The van der Waals surface area contributed by atoms with Crippen molar-refractivity contribution in [1.29, 1.82) is 0 Å². The minimum absolute atomic E-state index is 0.512. The molecule has 8 rings (SSSR count). The molecule has 8 nitrogen and oxygen atoms in total. The fourth-order valence-electron chi connectivity index (χ4n) is 6.61. The van der Waals surface area contributed by atoms with Gasteiger partial charge in [-0.15, -0.1) is 5.10 Å². The van der Waals surface area contributed by atoms with Crippen LogP contribution in [0.15, 0.2) is 84.9 Å². The summed E-state index contributed by atoms with van der Waals surface area (Å²) < 4.78 is 4.90. The molecule has 0 spiro atoms. The van der Waals surface area contributed by atoms with Crippen LogP contribution in [-0.4, -0.2) is 39.7 Å². The average molecular weight is 579 g/mol. The number of hydrogen-bond donors (Lipinski definition) is 1. The van der Waals surface area contributed by atoms with Gasteiger partial charge in [-0.05, 0) is 89.6 Å². The zero-order valence-electron chi connectivity index (χ0n) is 25.0. The summed E-state index contributed by atoms with van der Waals surface area (Å²) >= 11 is 0. The van der Waals surface area contributed by atoms with Gasteiger partial charge in [0.1, 0.15) is 11.6 Å². The molecule has 3 aromatic heterocycles. The Morgan fingerprint density at radius 2 is 1.64 bits per heavy atom. The Morgan fingerprint density at radius 3 is 2.39 bits per heavy atom. The summed E-state index contributed by atoms with van der Waals surface area (Å²) in [4.78, 5) is 10.4. The van der Waals surface area contributed by atoms with Crippen LogP contribution < -0.4 is 0 Å². The van der Waals surface area contributed by atoms with Crippen LogP contribution in [0.5, 0.6) is 0 Å². The molecular formula is C36H34N8. The number of nitrogens with one attached hydrogen (secondary N) is 1. The van der Waals surface area contributed by atoms with Crippen LogP contribution in [0, 0.1) is 6.92 Å². The number of aromatic nitrogens is 8.